The molecule has 0 aliphatic carbocycles. The lowest BCUT2D eigenvalue weighted by atomic mass is 9.96. The van der Waals surface area contributed by atoms with Crippen LogP contribution in [-0.2, 0) is 0 Å². The highest BCUT2D eigenvalue weighted by Crippen LogP contribution is 2.49. The summed E-state index contributed by atoms with van der Waals surface area (Å²) in [5.41, 5.74) is 28.3. The largest absolute Gasteiger partial charge is 0.279 e. The van der Waals surface area contributed by atoms with Crippen LogP contribution in [0, 0.1) is 0 Å². The lowest BCUT2D eigenvalue weighted by molar-refractivity contribution is 1.11. The Hall–Kier alpha value is -17.7. The van der Waals surface area contributed by atoms with E-state index in [1.165, 1.54) is 22.1 Å². The number of aromatic nitrogens is 6. The molecule has 20 aromatic carbocycles. The maximum Gasteiger partial charge on any atom is 0.235 e. The molecule has 0 fully saturated rings. The smallest absolute Gasteiger partial charge is 0.235 e. The fourth-order valence-corrected chi connectivity index (χ4v) is 17.5. The van der Waals surface area contributed by atoms with Gasteiger partial charge in [-0.25, -0.2) is 29.9 Å². The Kier molecular flexibility index (Phi) is 22.9. The molecule has 0 saturated carbocycles. The molecule has 0 amide bonds. The molecule has 0 bridgehead atoms. The van der Waals surface area contributed by atoms with Crippen LogP contribution < -0.4 is 14.7 Å². The van der Waals surface area contributed by atoms with Gasteiger partial charge in [0.2, 0.25) is 17.8 Å². The number of benzene rings is 20. The zero-order valence-corrected chi connectivity index (χ0v) is 71.6. The fraction of sp³-hybridized carbons (Fsp3) is 0. The Morgan fingerprint density at radius 1 is 0.137 bits per heavy atom. The SMILES string of the molecule is c1ccc(-c2ccc(N(c3ccc4ccccc4c3)c3nc(-c4ccccc4)c4ccccc4n3)c(-c3ccccc3)c2)cc1.c1ccc(-c2ccc(N(c3ccccc3)c3nc(-c4ccccc4)c4ccccc4n3)c(-c3ccccc3)c2)cc1.c1ccc(-c2ccc(N(c3nc(-c4ccccc4)c4ccccc4n3)c3cccc4ccccc34)c(-c3ccccc3)c2)cc1. The summed E-state index contributed by atoms with van der Waals surface area (Å²) in [6.07, 6.45) is 0. The summed E-state index contributed by atoms with van der Waals surface area (Å²) in [7, 11) is 0. The van der Waals surface area contributed by atoms with E-state index < -0.39 is 0 Å². The van der Waals surface area contributed by atoms with Gasteiger partial charge in [0.05, 0.1) is 56.4 Å². The number of hydrogen-bond donors (Lipinski definition) is 0. The third kappa shape index (κ3) is 17.0. The third-order valence-corrected chi connectivity index (χ3v) is 23.8. The first kappa shape index (κ1) is 80.5. The van der Waals surface area contributed by atoms with Gasteiger partial charge in [-0.3, -0.25) is 14.7 Å². The Morgan fingerprint density at radius 2 is 0.412 bits per heavy atom. The Bertz CT molecular complexity index is 7930. The normalized spacial score (nSPS) is 11.1. The van der Waals surface area contributed by atoms with Gasteiger partial charge in [0.1, 0.15) is 0 Å². The van der Waals surface area contributed by atoms with Gasteiger partial charge in [0.15, 0.2) is 0 Å². The molecule has 0 aliphatic heterocycles. The van der Waals surface area contributed by atoms with Gasteiger partial charge in [-0.2, -0.15) is 0 Å². The van der Waals surface area contributed by atoms with Crippen LogP contribution in [0.15, 0.2) is 516 Å². The van der Waals surface area contributed by atoms with E-state index in [0.29, 0.717) is 17.8 Å². The molecule has 9 heteroatoms. The van der Waals surface area contributed by atoms with Gasteiger partial charge in [-0.1, -0.05) is 431 Å². The summed E-state index contributed by atoms with van der Waals surface area (Å²) in [6, 6.07) is 180. The van der Waals surface area contributed by atoms with E-state index in [-0.39, 0.29) is 0 Å². The van der Waals surface area contributed by atoms with Gasteiger partial charge in [-0.15, -0.1) is 0 Å². The highest BCUT2D eigenvalue weighted by atomic mass is 15.3. The van der Waals surface area contributed by atoms with Gasteiger partial charge in [-0.05, 0) is 151 Å². The quantitative estimate of drug-likeness (QED) is 0.0834. The van der Waals surface area contributed by atoms with E-state index in [1.54, 1.807) is 0 Å². The van der Waals surface area contributed by atoms with Crippen molar-refractivity contribution in [2.45, 2.75) is 0 Å². The van der Waals surface area contributed by atoms with Crippen molar-refractivity contribution in [1.29, 1.82) is 0 Å². The highest BCUT2D eigenvalue weighted by Gasteiger charge is 2.28. The number of para-hydroxylation sites is 4. The molecular weight excluding hydrogens is 1590 g/mol. The zero-order chi connectivity index (χ0) is 87.4. The molecule has 23 rings (SSSR count). The molecule has 0 spiro atoms. The van der Waals surface area contributed by atoms with Crippen LogP contribution in [-0.4, -0.2) is 29.9 Å². The molecule has 618 valence electrons. The zero-order valence-electron chi connectivity index (χ0n) is 71.6. The minimum absolute atomic E-state index is 0.618. The highest BCUT2D eigenvalue weighted by molar-refractivity contribution is 6.04. The maximum absolute atomic E-state index is 5.36. The van der Waals surface area contributed by atoms with Crippen LogP contribution in [0.25, 0.3) is 155 Å². The van der Waals surface area contributed by atoms with Crippen LogP contribution in [0.5, 0.6) is 0 Å². The first-order valence-electron chi connectivity index (χ1n) is 44.1. The van der Waals surface area contributed by atoms with Gasteiger partial charge in [0.25, 0.3) is 0 Å². The first-order valence-corrected chi connectivity index (χ1v) is 44.1. The fourth-order valence-electron chi connectivity index (χ4n) is 17.5. The minimum atomic E-state index is 0.618. The molecule has 0 atom stereocenters. The Morgan fingerprint density at radius 3 is 0.786 bits per heavy atom. The van der Waals surface area contributed by atoms with Crippen molar-refractivity contribution in [3.63, 3.8) is 0 Å². The Labute approximate surface area is 761 Å². The van der Waals surface area contributed by atoms with Gasteiger partial charge < -0.3 is 0 Å². The summed E-state index contributed by atoms with van der Waals surface area (Å²) >= 11 is 0. The van der Waals surface area contributed by atoms with Crippen molar-refractivity contribution in [3.8, 4) is 101 Å². The summed E-state index contributed by atoms with van der Waals surface area (Å²) in [6.45, 7) is 0. The van der Waals surface area contributed by atoms with Crippen LogP contribution in [0.3, 0.4) is 0 Å². The van der Waals surface area contributed by atoms with Crippen molar-refractivity contribution in [1.82, 2.24) is 29.9 Å². The maximum atomic E-state index is 5.36. The van der Waals surface area contributed by atoms with E-state index in [4.69, 9.17) is 29.9 Å². The average Bonchev–Trinajstić information content (AvgIpc) is 0.754. The van der Waals surface area contributed by atoms with E-state index in [1.807, 2.05) is 48.5 Å². The topological polar surface area (TPSA) is 87.1 Å². The average molecular weight is 1680 g/mol. The number of hydrogen-bond acceptors (Lipinski definition) is 9. The predicted octanol–water partition coefficient (Wildman–Crippen LogP) is 32.6. The van der Waals surface area contributed by atoms with Crippen LogP contribution >= 0.6 is 0 Å². The van der Waals surface area contributed by atoms with Crippen molar-refractivity contribution >= 4 is 106 Å². The summed E-state index contributed by atoms with van der Waals surface area (Å²) in [5, 5.41) is 7.70. The second-order valence-electron chi connectivity index (χ2n) is 32.0. The predicted molar refractivity (Wildman–Crippen MR) is 547 cm³/mol. The third-order valence-electron chi connectivity index (χ3n) is 23.8. The molecule has 0 unspecified atom stereocenters. The molecule has 3 aromatic heterocycles. The molecule has 0 radical (unpaired) electrons. The number of rotatable bonds is 18. The van der Waals surface area contributed by atoms with Gasteiger partial charge in [0, 0.05) is 66.3 Å². The van der Waals surface area contributed by atoms with E-state index in [2.05, 4.69) is 482 Å². The standard InChI is InChI=1S/2C42H29N3.C38H27N3/c1-4-15-30(16-5-1)34-27-28-40(37(29-34)32-17-6-2-7-18-32)45(39-26-14-22-31-19-10-11-23-35(31)39)42-43-38-25-13-12-24-36(38)41(44-42)33-20-8-3-9-21-33;1-4-14-30(15-5-1)35-25-27-40(38(29-35)32-17-6-2-7-18-32)45(36-26-24-31-16-10-11-21-34(31)28-36)42-43-39-23-13-12-22-37(39)41(44-42)33-19-8-3-9-20-33;1-5-15-28(16-6-1)31-25-26-36(34(27-31)29-17-7-2-8-18-29)41(32-21-11-4-12-22-32)38-39-35-24-14-13-23-33(35)37(40-38)30-19-9-3-10-20-30/h2*1-29H;1-27H. The van der Waals surface area contributed by atoms with Crippen molar-refractivity contribution < 1.29 is 0 Å². The van der Waals surface area contributed by atoms with Crippen molar-refractivity contribution in [2.24, 2.45) is 0 Å². The van der Waals surface area contributed by atoms with Gasteiger partial charge >= 0.3 is 0 Å². The molecule has 9 nitrogen and oxygen atoms in total. The number of nitrogens with zero attached hydrogens (tertiary/aromatic N) is 9. The van der Waals surface area contributed by atoms with E-state index >= 15 is 0 Å². The summed E-state index contributed by atoms with van der Waals surface area (Å²) < 4.78 is 0. The van der Waals surface area contributed by atoms with Crippen LogP contribution in [0.2, 0.25) is 0 Å². The molecule has 0 aliphatic rings. The van der Waals surface area contributed by atoms with Crippen molar-refractivity contribution in [2.75, 3.05) is 14.7 Å². The lowest BCUT2D eigenvalue weighted by Gasteiger charge is -2.28. The molecule has 23 aromatic rings. The minimum Gasteiger partial charge on any atom is -0.279 e. The lowest BCUT2D eigenvalue weighted by Crippen LogP contribution is -2.15. The molecule has 0 N–H and O–H groups in total. The second-order valence-corrected chi connectivity index (χ2v) is 32.0. The molecule has 3 heterocycles. The monoisotopic (exact) mass is 1680 g/mol. The van der Waals surface area contributed by atoms with E-state index in [9.17, 15) is 0 Å². The van der Waals surface area contributed by atoms with E-state index in [0.717, 1.165) is 167 Å². The molecule has 0 saturated heterocycles. The number of anilines is 9. The second kappa shape index (κ2) is 37.3. The number of fused-ring (bicyclic) bond motifs is 5. The van der Waals surface area contributed by atoms with Crippen LogP contribution in [0.4, 0.5) is 52.0 Å². The Balaban J connectivity index is 0.000000119. The van der Waals surface area contributed by atoms with Crippen LogP contribution in [0.1, 0.15) is 0 Å². The summed E-state index contributed by atoms with van der Waals surface area (Å²) in [4.78, 5) is 38.2. The molecular formula is C122H85N9. The first-order chi connectivity index (χ1) is 65.0. The molecule has 131 heavy (non-hydrogen) atoms. The van der Waals surface area contributed by atoms with Crippen molar-refractivity contribution in [3.05, 3.63) is 516 Å². The summed E-state index contributed by atoms with van der Waals surface area (Å²) in [5.74, 6) is 1.86.